The summed E-state index contributed by atoms with van der Waals surface area (Å²) in [7, 11) is 0. The second-order valence-electron chi connectivity index (χ2n) is 4.82. The highest BCUT2D eigenvalue weighted by Gasteiger charge is 2.01. The Morgan fingerprint density at radius 1 is 0.955 bits per heavy atom. The van der Waals surface area contributed by atoms with Crippen molar-refractivity contribution in [2.75, 3.05) is 0 Å². The summed E-state index contributed by atoms with van der Waals surface area (Å²) < 4.78 is 0. The van der Waals surface area contributed by atoms with Gasteiger partial charge in [0.05, 0.1) is 5.69 Å². The molecule has 110 valence electrons. The lowest BCUT2D eigenvalue weighted by molar-refractivity contribution is 0.929. The van der Waals surface area contributed by atoms with Crippen LogP contribution >= 0.6 is 0 Å². The minimum absolute atomic E-state index is 0.898. The average molecular weight is 288 g/mol. The molecule has 0 bridgehead atoms. The number of allylic oxidation sites excluding steroid dienone is 5. The number of aryl methyl sites for hydroxylation is 1. The van der Waals surface area contributed by atoms with Gasteiger partial charge in [0.25, 0.3) is 0 Å². The molecule has 0 amide bonds. The van der Waals surface area contributed by atoms with Crippen molar-refractivity contribution < 1.29 is 0 Å². The van der Waals surface area contributed by atoms with Crippen molar-refractivity contribution in [1.82, 2.24) is 9.97 Å². The van der Waals surface area contributed by atoms with Gasteiger partial charge in [-0.2, -0.15) is 0 Å². The van der Waals surface area contributed by atoms with Crippen LogP contribution in [0.5, 0.6) is 0 Å². The number of aromatic nitrogens is 2. The Hall–Kier alpha value is -2.74. The summed E-state index contributed by atoms with van der Waals surface area (Å²) in [4.78, 5) is 8.65. The first kappa shape index (κ1) is 15.6. The molecule has 2 aromatic rings. The molecule has 1 aromatic carbocycles. The smallest absolute Gasteiger partial charge is 0.116 e. The maximum atomic E-state index is 4.36. The first-order valence-electron chi connectivity index (χ1n) is 7.31. The van der Waals surface area contributed by atoms with Crippen LogP contribution in [0.4, 0.5) is 0 Å². The third kappa shape index (κ3) is 4.67. The molecule has 22 heavy (non-hydrogen) atoms. The summed E-state index contributed by atoms with van der Waals surface area (Å²) in [6, 6.07) is 10.4. The van der Waals surface area contributed by atoms with E-state index in [-0.39, 0.29) is 0 Å². The lowest BCUT2D eigenvalue weighted by atomic mass is 10.1. The van der Waals surface area contributed by atoms with Crippen molar-refractivity contribution in [3.63, 3.8) is 0 Å². The second-order valence-corrected chi connectivity index (χ2v) is 4.82. The van der Waals surface area contributed by atoms with Crippen LogP contribution in [0.3, 0.4) is 0 Å². The van der Waals surface area contributed by atoms with E-state index in [4.69, 9.17) is 0 Å². The van der Waals surface area contributed by atoms with Gasteiger partial charge in [-0.15, -0.1) is 6.58 Å². The monoisotopic (exact) mass is 288 g/mol. The number of hydrogen-bond acceptors (Lipinski definition) is 2. The molecule has 0 aliphatic rings. The van der Waals surface area contributed by atoms with Crippen molar-refractivity contribution >= 4 is 6.08 Å². The van der Waals surface area contributed by atoms with Gasteiger partial charge in [-0.1, -0.05) is 67.3 Å². The fraction of sp³-hybridized carbons (Fsp3) is 0.100. The van der Waals surface area contributed by atoms with E-state index in [1.165, 1.54) is 0 Å². The highest BCUT2D eigenvalue weighted by molar-refractivity contribution is 5.62. The summed E-state index contributed by atoms with van der Waals surface area (Å²) in [6.45, 7) is 7.38. The molecule has 0 aliphatic carbocycles. The quantitative estimate of drug-likeness (QED) is 0.528. The molecule has 0 fully saturated rings. The topological polar surface area (TPSA) is 25.8 Å². The van der Waals surface area contributed by atoms with E-state index in [1.54, 1.807) is 12.4 Å². The van der Waals surface area contributed by atoms with Gasteiger partial charge in [0, 0.05) is 11.3 Å². The number of rotatable bonds is 7. The van der Waals surface area contributed by atoms with Crippen molar-refractivity contribution in [3.05, 3.63) is 91.5 Å². The van der Waals surface area contributed by atoms with E-state index in [1.807, 2.05) is 30.4 Å². The zero-order valence-electron chi connectivity index (χ0n) is 12.7. The van der Waals surface area contributed by atoms with E-state index >= 15 is 0 Å². The molecule has 2 rings (SSSR count). The number of hydrogen-bond donors (Lipinski definition) is 0. The molecule has 0 atom stereocenters. The van der Waals surface area contributed by atoms with Gasteiger partial charge in [-0.25, -0.2) is 9.97 Å². The minimum Gasteiger partial charge on any atom is -0.241 e. The van der Waals surface area contributed by atoms with E-state index in [9.17, 15) is 0 Å². The Morgan fingerprint density at radius 2 is 1.77 bits per heavy atom. The zero-order chi connectivity index (χ0) is 15.6. The minimum atomic E-state index is 0.898. The van der Waals surface area contributed by atoms with E-state index < -0.39 is 0 Å². The average Bonchev–Trinajstić information content (AvgIpc) is 2.58. The Bertz CT molecular complexity index is 679. The van der Waals surface area contributed by atoms with Crippen molar-refractivity contribution in [1.29, 1.82) is 0 Å². The molecule has 0 saturated heterocycles. The third-order valence-corrected chi connectivity index (χ3v) is 3.18. The molecule has 1 heterocycles. The van der Waals surface area contributed by atoms with Gasteiger partial charge in [0.15, 0.2) is 0 Å². The van der Waals surface area contributed by atoms with Crippen LogP contribution in [0.15, 0.2) is 80.2 Å². The molecule has 0 unspecified atom stereocenters. The summed E-state index contributed by atoms with van der Waals surface area (Å²) in [5.41, 5.74) is 4.25. The van der Waals surface area contributed by atoms with Gasteiger partial charge in [-0.05, 0) is 24.5 Å². The van der Waals surface area contributed by atoms with Gasteiger partial charge < -0.3 is 0 Å². The van der Waals surface area contributed by atoms with Crippen molar-refractivity contribution in [2.24, 2.45) is 0 Å². The lowest BCUT2D eigenvalue weighted by Gasteiger charge is -2.03. The van der Waals surface area contributed by atoms with Gasteiger partial charge in [0.1, 0.15) is 6.33 Å². The van der Waals surface area contributed by atoms with Crippen LogP contribution in [-0.4, -0.2) is 9.97 Å². The first-order chi connectivity index (χ1) is 10.8. The molecule has 2 heteroatoms. The van der Waals surface area contributed by atoms with E-state index in [2.05, 4.69) is 53.5 Å². The van der Waals surface area contributed by atoms with Gasteiger partial charge in [0.2, 0.25) is 0 Å². The van der Waals surface area contributed by atoms with Gasteiger partial charge >= 0.3 is 0 Å². The largest absolute Gasteiger partial charge is 0.241 e. The molecular weight excluding hydrogens is 268 g/mol. The maximum absolute atomic E-state index is 4.36. The second kappa shape index (κ2) is 8.53. The molecule has 0 aliphatic heterocycles. The first-order valence-corrected chi connectivity index (χ1v) is 7.31. The predicted molar refractivity (Wildman–Crippen MR) is 94.4 cm³/mol. The van der Waals surface area contributed by atoms with Crippen molar-refractivity contribution in [2.45, 2.75) is 12.8 Å². The predicted octanol–water partition coefficient (Wildman–Crippen LogP) is 5.02. The Labute approximate surface area is 132 Å². The van der Waals surface area contributed by atoms with Crippen LogP contribution in [-0.2, 0) is 6.42 Å². The fourth-order valence-corrected chi connectivity index (χ4v) is 2.02. The summed E-state index contributed by atoms with van der Waals surface area (Å²) in [5, 5.41) is 0. The number of nitrogens with zero attached hydrogens (tertiary/aromatic N) is 2. The summed E-state index contributed by atoms with van der Waals surface area (Å²) >= 11 is 0. The molecule has 2 nitrogen and oxygen atoms in total. The van der Waals surface area contributed by atoms with Crippen LogP contribution < -0.4 is 0 Å². The van der Waals surface area contributed by atoms with Crippen molar-refractivity contribution in [3.8, 4) is 11.3 Å². The Balaban J connectivity index is 2.12. The van der Waals surface area contributed by atoms with Crippen LogP contribution in [0.2, 0.25) is 0 Å². The lowest BCUT2D eigenvalue weighted by Crippen LogP contribution is -1.92. The van der Waals surface area contributed by atoms with Crippen LogP contribution in [0, 0.1) is 0 Å². The fourth-order valence-electron chi connectivity index (χ4n) is 2.02. The molecule has 0 N–H and O–H groups in total. The Morgan fingerprint density at radius 3 is 2.50 bits per heavy atom. The third-order valence-electron chi connectivity index (χ3n) is 3.18. The van der Waals surface area contributed by atoms with Gasteiger partial charge in [-0.3, -0.25) is 0 Å². The molecule has 0 spiro atoms. The van der Waals surface area contributed by atoms with E-state index in [0.717, 1.165) is 35.4 Å². The molecule has 0 radical (unpaired) electrons. The van der Waals surface area contributed by atoms with Crippen LogP contribution in [0.1, 0.15) is 17.7 Å². The molecule has 1 aromatic heterocycles. The number of benzene rings is 1. The highest BCUT2D eigenvalue weighted by atomic mass is 14.8. The molecular formula is C20H20N2. The molecule has 0 saturated carbocycles. The normalized spacial score (nSPS) is 11.1. The maximum Gasteiger partial charge on any atom is 0.116 e. The van der Waals surface area contributed by atoms with Crippen LogP contribution in [0.25, 0.3) is 17.3 Å². The standard InChI is InChI=1S/C20H20N2/c1-3-5-7-8-9-17-11-13-18(14-12-17)20-15-19(10-6-4-2)21-16-22-20/h3-5,7-9,11-16H,1-2,6,10H2/b7-5-,9-8+. The Kier molecular flexibility index (Phi) is 6.06. The summed E-state index contributed by atoms with van der Waals surface area (Å²) in [6.07, 6.45) is 15.0. The zero-order valence-corrected chi connectivity index (χ0v) is 12.7. The SMILES string of the molecule is C=C/C=C\C=C\c1ccc(-c2cc(CCC=C)ncn2)cc1. The summed E-state index contributed by atoms with van der Waals surface area (Å²) in [5.74, 6) is 0. The highest BCUT2D eigenvalue weighted by Crippen LogP contribution is 2.18. The van der Waals surface area contributed by atoms with E-state index in [0.29, 0.717) is 0 Å².